The first-order chi connectivity index (χ1) is 33.7. The fourth-order valence-corrected chi connectivity index (χ4v) is 15.1. The standard InChI is InChI=1S/C50H79F9N3O6PS2/c1-35(2)62(36(3)4)69(67-28-24-60-8)68-34-37(33-63)14-12-10-11-13-31-70-71-45(5,6)23-27-64-39-16-18-40-38(32-39)15-17-42-41(40)21-22-46(7)43(42)19-20-44(46)65-29-25-61(9)26-30-66-47(48(51,52)53,49(54,55)56)50(57,58)59/h16,18,32,35-37,41-44,63H,10-15,17,19-31,33-34H2,1-7,9H3/i63D. The average molecular weight is 1090 g/mol. The molecule has 3 aliphatic rings. The molecule has 0 heterocycles. The van der Waals surface area contributed by atoms with E-state index in [1.165, 1.54) is 23.1 Å². The van der Waals surface area contributed by atoms with E-state index in [0.717, 1.165) is 88.6 Å². The second-order valence-electron chi connectivity index (χ2n) is 20.9. The molecule has 0 spiro atoms. The smallest absolute Gasteiger partial charge is 0.435 e. The molecule has 0 radical (unpaired) electrons. The van der Waals surface area contributed by atoms with Crippen molar-refractivity contribution < 1.29 is 67.9 Å². The van der Waals surface area contributed by atoms with Crippen LogP contribution in [-0.2, 0) is 24.9 Å². The van der Waals surface area contributed by atoms with Crippen LogP contribution in [-0.4, -0.2) is 135 Å². The second-order valence-corrected chi connectivity index (χ2v) is 25.5. The second kappa shape index (κ2) is 27.7. The number of hydrogen-bond acceptors (Lipinski definition) is 10. The third kappa shape index (κ3) is 16.9. The first-order valence-corrected chi connectivity index (χ1v) is 28.6. The van der Waals surface area contributed by atoms with Crippen molar-refractivity contribution in [3.05, 3.63) is 40.7 Å². The van der Waals surface area contributed by atoms with Gasteiger partial charge in [-0.05, 0) is 153 Å². The molecule has 1 aromatic rings. The van der Waals surface area contributed by atoms with E-state index < -0.39 is 45.8 Å². The van der Waals surface area contributed by atoms with E-state index in [0.29, 0.717) is 50.7 Å². The maximum Gasteiger partial charge on any atom is 0.435 e. The van der Waals surface area contributed by atoms with Crippen molar-refractivity contribution in [3.63, 3.8) is 0 Å². The van der Waals surface area contributed by atoms with Gasteiger partial charge in [0.1, 0.15) is 12.4 Å². The number of benzene rings is 1. The van der Waals surface area contributed by atoms with Gasteiger partial charge in [-0.15, -0.1) is 0 Å². The molecule has 0 amide bonds. The fourth-order valence-electron chi connectivity index (χ4n) is 10.7. The molecular weight excluding hydrogens is 1000 g/mol. The normalized spacial score (nSPS) is 23.2. The highest BCUT2D eigenvalue weighted by molar-refractivity contribution is 8.77. The van der Waals surface area contributed by atoms with Crippen LogP contribution in [0.5, 0.6) is 5.75 Å². The van der Waals surface area contributed by atoms with Gasteiger partial charge in [-0.3, -0.25) is 0 Å². The van der Waals surface area contributed by atoms with Crippen LogP contribution in [0.2, 0.25) is 0 Å². The summed E-state index contributed by atoms with van der Waals surface area (Å²) in [5.74, 6) is 3.36. The monoisotopic (exact) mass is 1080 g/mol. The Morgan fingerprint density at radius 3 is 2.21 bits per heavy atom. The lowest BCUT2D eigenvalue weighted by atomic mass is 9.55. The van der Waals surface area contributed by atoms with E-state index >= 15 is 0 Å². The summed E-state index contributed by atoms with van der Waals surface area (Å²) >= 11 is 0. The number of aryl methyl sites for hydroxylation is 1. The highest BCUT2D eigenvalue weighted by Gasteiger charge is 2.85. The largest absolute Gasteiger partial charge is 0.494 e. The quantitative estimate of drug-likeness (QED) is 0.0248. The highest BCUT2D eigenvalue weighted by atomic mass is 33.1. The van der Waals surface area contributed by atoms with Crippen molar-refractivity contribution in [2.45, 2.75) is 178 Å². The summed E-state index contributed by atoms with van der Waals surface area (Å²) in [5, 5.41) is 4.79. The third-order valence-electron chi connectivity index (χ3n) is 14.5. The molecule has 7 atom stereocenters. The van der Waals surface area contributed by atoms with Crippen molar-refractivity contribution in [3.8, 4) is 5.75 Å². The summed E-state index contributed by atoms with van der Waals surface area (Å²) in [6, 6.07) is 6.99. The average Bonchev–Trinajstić information content (AvgIpc) is 3.61. The number of fused-ring (bicyclic) bond motifs is 5. The minimum Gasteiger partial charge on any atom is -0.494 e. The Morgan fingerprint density at radius 1 is 0.887 bits per heavy atom. The molecule has 1 aromatic carbocycles. The molecular formula is C50H79F9N3O6PS2. The lowest BCUT2D eigenvalue weighted by molar-refractivity contribution is -0.457. The number of unbranched alkanes of at least 4 members (excludes halogenated alkanes) is 3. The van der Waals surface area contributed by atoms with Gasteiger partial charge in [0.05, 0.1) is 32.5 Å². The lowest BCUT2D eigenvalue weighted by Crippen LogP contribution is -2.68. The van der Waals surface area contributed by atoms with Crippen molar-refractivity contribution >= 4 is 30.1 Å². The van der Waals surface area contributed by atoms with Crippen LogP contribution < -0.4 is 4.74 Å². The summed E-state index contributed by atoms with van der Waals surface area (Å²) in [7, 11) is 3.88. The number of rotatable bonds is 32. The van der Waals surface area contributed by atoms with Gasteiger partial charge in [0.2, 0.25) is 7.98 Å². The Morgan fingerprint density at radius 2 is 1.56 bits per heavy atom. The molecule has 0 saturated heterocycles. The van der Waals surface area contributed by atoms with E-state index in [4.69, 9.17) is 31.6 Å². The number of halogens is 9. The first-order valence-electron chi connectivity index (χ1n) is 25.6. The van der Waals surface area contributed by atoms with E-state index in [-0.39, 0.29) is 47.4 Å². The summed E-state index contributed by atoms with van der Waals surface area (Å²) in [6.07, 6.45) is -8.43. The van der Waals surface area contributed by atoms with Gasteiger partial charge in [-0.25, -0.2) is 11.2 Å². The Hall–Kier alpha value is -1.27. The number of nitrogens with zero attached hydrogens (tertiary/aromatic N) is 3. The Balaban J connectivity index is 1.14. The van der Waals surface area contributed by atoms with Crippen LogP contribution in [0.25, 0.3) is 4.85 Å². The predicted octanol–water partition coefficient (Wildman–Crippen LogP) is 14.1. The van der Waals surface area contributed by atoms with Gasteiger partial charge >= 0.3 is 24.1 Å². The Bertz CT molecular complexity index is 1770. The predicted molar refractivity (Wildman–Crippen MR) is 265 cm³/mol. The summed E-state index contributed by atoms with van der Waals surface area (Å²) in [5.41, 5.74) is -3.67. The SMILES string of the molecule is [2H]OCC(CCCCCCSSC(C)(C)CCOc1ccc2c(c1)CCC1C2CCC2(C)C(OCCN(C)CCOC(C(F)(F)F)(C(F)(F)F)C(F)(F)F)CCC12)COP(OCC[N+]#[C-])N(C(C)C)C(C)C. The van der Waals surface area contributed by atoms with Crippen molar-refractivity contribution in [1.29, 1.82) is 1.43 Å². The zero-order valence-corrected chi connectivity index (χ0v) is 45.3. The minimum atomic E-state index is -6.75. The number of aliphatic hydroxyl groups excluding tert-OH is 1. The van der Waals surface area contributed by atoms with Crippen LogP contribution in [0, 0.1) is 29.7 Å². The maximum atomic E-state index is 13.2. The number of hydrogen-bond donors (Lipinski definition) is 1. The van der Waals surface area contributed by atoms with E-state index in [1.807, 2.05) is 21.6 Å². The topological polar surface area (TPSA) is 77.2 Å². The fraction of sp³-hybridized carbons (Fsp3) is 0.860. The first kappa shape index (κ1) is 60.6. The van der Waals surface area contributed by atoms with Crippen molar-refractivity contribution in [1.82, 2.24) is 9.57 Å². The van der Waals surface area contributed by atoms with Crippen LogP contribution in [0.1, 0.15) is 136 Å². The third-order valence-corrected chi connectivity index (χ3v) is 20.1. The van der Waals surface area contributed by atoms with E-state index in [1.54, 1.807) is 0 Å². The molecule has 0 aliphatic heterocycles. The van der Waals surface area contributed by atoms with Crippen LogP contribution in [0.3, 0.4) is 0 Å². The summed E-state index contributed by atoms with van der Waals surface area (Å²) in [6.45, 7) is 22.5. The van der Waals surface area contributed by atoms with E-state index in [9.17, 15) is 39.5 Å². The lowest BCUT2D eigenvalue weighted by Gasteiger charge is -2.50. The van der Waals surface area contributed by atoms with Crippen LogP contribution in [0.4, 0.5) is 39.5 Å². The van der Waals surface area contributed by atoms with Crippen LogP contribution >= 0.6 is 30.1 Å². The minimum absolute atomic E-state index is 0.0326. The molecule has 9 nitrogen and oxygen atoms in total. The maximum absolute atomic E-state index is 13.2. The Labute approximate surface area is 427 Å². The Kier molecular flexibility index (Phi) is 23.6. The van der Waals surface area contributed by atoms with Gasteiger partial charge in [0.15, 0.2) is 0 Å². The van der Waals surface area contributed by atoms with Crippen molar-refractivity contribution in [2.75, 3.05) is 72.1 Å². The molecule has 4 rings (SSSR count). The molecule has 7 unspecified atom stereocenters. The van der Waals surface area contributed by atoms with Gasteiger partial charge < -0.3 is 38.1 Å². The van der Waals surface area contributed by atoms with E-state index in [2.05, 4.69) is 80.9 Å². The number of ether oxygens (including phenoxy) is 3. The van der Waals surface area contributed by atoms with Gasteiger partial charge in [0.25, 0.3) is 8.53 Å². The molecule has 410 valence electrons. The van der Waals surface area contributed by atoms with Gasteiger partial charge in [0, 0.05) is 48.2 Å². The summed E-state index contributed by atoms with van der Waals surface area (Å²) < 4.78 is 157. The van der Waals surface area contributed by atoms with Gasteiger partial charge in [-0.2, -0.15) is 39.5 Å². The number of aliphatic hydroxyl groups is 1. The molecule has 3 aliphatic carbocycles. The molecule has 2 saturated carbocycles. The van der Waals surface area contributed by atoms with Crippen molar-refractivity contribution in [2.24, 2.45) is 23.2 Å². The molecule has 1 N–H and O–H groups in total. The van der Waals surface area contributed by atoms with Crippen LogP contribution in [0.15, 0.2) is 18.2 Å². The molecule has 2 fully saturated rings. The zero-order valence-electron chi connectivity index (χ0n) is 43.8. The molecule has 0 bridgehead atoms. The highest BCUT2D eigenvalue weighted by Crippen LogP contribution is 2.62. The zero-order chi connectivity index (χ0) is 53.5. The molecule has 71 heavy (non-hydrogen) atoms. The molecule has 21 heteroatoms. The van der Waals surface area contributed by atoms with Gasteiger partial charge in [-0.1, -0.05) is 53.8 Å². The summed E-state index contributed by atoms with van der Waals surface area (Å²) in [4.78, 5) is 4.71. The number of alkyl halides is 9. The number of likely N-dealkylation sites (N-methyl/N-ethyl adjacent to an activating group) is 1. The molecule has 0 aromatic heterocycles.